The molecule has 4 rings (SSSR count). The van der Waals surface area contributed by atoms with Crippen LogP contribution in [0.4, 0.5) is 17.3 Å². The molecule has 29 heavy (non-hydrogen) atoms. The van der Waals surface area contributed by atoms with Gasteiger partial charge in [-0.15, -0.1) is 0 Å². The third kappa shape index (κ3) is 3.24. The molecule has 1 fully saturated rings. The molecule has 1 saturated carbocycles. The lowest BCUT2D eigenvalue weighted by atomic mass is 9.68. The van der Waals surface area contributed by atoms with Crippen molar-refractivity contribution in [2.45, 2.75) is 39.7 Å². The van der Waals surface area contributed by atoms with Gasteiger partial charge in [0.25, 0.3) is 0 Å². The maximum absolute atomic E-state index is 13.2. The summed E-state index contributed by atoms with van der Waals surface area (Å²) in [5.74, 6) is -1.29. The van der Waals surface area contributed by atoms with Gasteiger partial charge in [0, 0.05) is 19.1 Å². The molecule has 0 spiro atoms. The summed E-state index contributed by atoms with van der Waals surface area (Å²) >= 11 is 0. The van der Waals surface area contributed by atoms with Gasteiger partial charge in [0.1, 0.15) is 22.5 Å². The monoisotopic (exact) mass is 395 g/mol. The van der Waals surface area contributed by atoms with Crippen LogP contribution in [0.1, 0.15) is 45.4 Å². The summed E-state index contributed by atoms with van der Waals surface area (Å²) < 4.78 is 5.48. The smallest absolute Gasteiger partial charge is 0.404 e. The number of aliphatic imine (C=N–C) groups is 1. The van der Waals surface area contributed by atoms with Crippen LogP contribution in [-0.2, 0) is 9.59 Å². The molecule has 2 atom stereocenters. The van der Waals surface area contributed by atoms with E-state index >= 15 is 0 Å². The zero-order valence-electron chi connectivity index (χ0n) is 16.4. The van der Waals surface area contributed by atoms with Crippen LogP contribution in [0.2, 0.25) is 0 Å². The van der Waals surface area contributed by atoms with E-state index in [9.17, 15) is 19.7 Å². The number of carbonyl (C=O) groups is 2. The zero-order chi connectivity index (χ0) is 20.9. The standard InChI is InChI=1S/C21H21N3O5/c1-12(25)23-15-7-5-4-6-13(15)22-14-10-21(2,3)11-16(26)19(14)20(23)17-8-9-18(29-17)24(27)28/h4-9,19-20H,10-11H2,1-3H3. The molecular weight excluding hydrogens is 374 g/mol. The number of ketones is 1. The number of Topliss-reactive ketones (excluding diaryl/α,β-unsaturated/α-hetero) is 1. The highest BCUT2D eigenvalue weighted by molar-refractivity contribution is 6.12. The highest BCUT2D eigenvalue weighted by Crippen LogP contribution is 2.48. The van der Waals surface area contributed by atoms with E-state index in [-0.39, 0.29) is 22.9 Å². The predicted octanol–water partition coefficient (Wildman–Crippen LogP) is 4.37. The van der Waals surface area contributed by atoms with Crippen LogP contribution in [0, 0.1) is 21.4 Å². The Bertz CT molecular complexity index is 1050. The van der Waals surface area contributed by atoms with Gasteiger partial charge in [0.05, 0.1) is 23.4 Å². The van der Waals surface area contributed by atoms with Crippen LogP contribution < -0.4 is 4.90 Å². The molecule has 0 N–H and O–H groups in total. The van der Waals surface area contributed by atoms with Crippen molar-refractivity contribution in [3.8, 4) is 0 Å². The van der Waals surface area contributed by atoms with Gasteiger partial charge in [-0.1, -0.05) is 26.0 Å². The van der Waals surface area contributed by atoms with E-state index in [0.717, 1.165) is 0 Å². The lowest BCUT2D eigenvalue weighted by molar-refractivity contribution is -0.402. The molecule has 1 aromatic heterocycles. The number of rotatable bonds is 2. The minimum absolute atomic E-state index is 0.0527. The molecule has 2 aliphatic rings. The van der Waals surface area contributed by atoms with Crippen LogP contribution in [0.5, 0.6) is 0 Å². The molecule has 2 heterocycles. The summed E-state index contributed by atoms with van der Waals surface area (Å²) in [6.45, 7) is 5.43. The van der Waals surface area contributed by atoms with Crippen molar-refractivity contribution in [2.75, 3.05) is 4.90 Å². The van der Waals surface area contributed by atoms with E-state index in [1.807, 2.05) is 19.9 Å². The van der Waals surface area contributed by atoms with Crippen molar-refractivity contribution in [1.82, 2.24) is 0 Å². The summed E-state index contributed by atoms with van der Waals surface area (Å²) in [5.41, 5.74) is 1.56. The molecule has 150 valence electrons. The fourth-order valence-electron chi connectivity index (χ4n) is 4.37. The number of carbonyl (C=O) groups excluding carboxylic acids is 2. The zero-order valence-corrected chi connectivity index (χ0v) is 16.4. The molecule has 0 bridgehead atoms. The van der Waals surface area contributed by atoms with Crippen LogP contribution >= 0.6 is 0 Å². The Labute approximate surface area is 167 Å². The minimum atomic E-state index is -0.827. The molecule has 1 aliphatic heterocycles. The van der Waals surface area contributed by atoms with Gasteiger partial charge in [-0.25, -0.2) is 0 Å². The Morgan fingerprint density at radius 1 is 1.24 bits per heavy atom. The molecule has 8 heteroatoms. The van der Waals surface area contributed by atoms with Crippen LogP contribution in [0.15, 0.2) is 45.8 Å². The maximum atomic E-state index is 13.2. The molecular formula is C21H21N3O5. The van der Waals surface area contributed by atoms with E-state index in [0.29, 0.717) is 29.9 Å². The number of hydrogen-bond donors (Lipinski definition) is 0. The normalized spacial score (nSPS) is 22.9. The van der Waals surface area contributed by atoms with E-state index in [2.05, 4.69) is 0 Å². The Balaban J connectivity index is 1.96. The van der Waals surface area contributed by atoms with Gasteiger partial charge in [-0.3, -0.25) is 29.6 Å². The lowest BCUT2D eigenvalue weighted by Crippen LogP contribution is -2.46. The third-order valence-corrected chi connectivity index (χ3v) is 5.44. The number of anilines is 1. The van der Waals surface area contributed by atoms with E-state index in [1.165, 1.54) is 24.0 Å². The van der Waals surface area contributed by atoms with Gasteiger partial charge in [0.15, 0.2) is 0 Å². The number of nitro groups is 1. The summed E-state index contributed by atoms with van der Waals surface area (Å²) in [6, 6.07) is 9.07. The number of fused-ring (bicyclic) bond motifs is 2. The van der Waals surface area contributed by atoms with Crippen molar-refractivity contribution in [3.05, 3.63) is 52.3 Å². The topological polar surface area (TPSA) is 106 Å². The number of amides is 1. The van der Waals surface area contributed by atoms with Crippen molar-refractivity contribution >= 4 is 34.7 Å². The van der Waals surface area contributed by atoms with E-state index in [1.54, 1.807) is 18.2 Å². The number of benzene rings is 1. The summed E-state index contributed by atoms with van der Waals surface area (Å²) in [4.78, 5) is 42.8. The minimum Gasteiger partial charge on any atom is -0.404 e. The van der Waals surface area contributed by atoms with Crippen molar-refractivity contribution in [1.29, 1.82) is 0 Å². The summed E-state index contributed by atoms with van der Waals surface area (Å²) in [5, 5.41) is 11.2. The first-order valence-electron chi connectivity index (χ1n) is 9.41. The van der Waals surface area contributed by atoms with Gasteiger partial charge >= 0.3 is 5.88 Å². The van der Waals surface area contributed by atoms with E-state index in [4.69, 9.17) is 9.41 Å². The first-order chi connectivity index (χ1) is 13.7. The Morgan fingerprint density at radius 2 is 1.97 bits per heavy atom. The van der Waals surface area contributed by atoms with Crippen LogP contribution in [0.3, 0.4) is 0 Å². The fraction of sp³-hybridized carbons (Fsp3) is 0.381. The summed E-state index contributed by atoms with van der Waals surface area (Å²) in [7, 11) is 0. The predicted molar refractivity (Wildman–Crippen MR) is 106 cm³/mol. The van der Waals surface area contributed by atoms with Gasteiger partial charge < -0.3 is 4.42 Å². The third-order valence-electron chi connectivity index (χ3n) is 5.44. The largest absolute Gasteiger partial charge is 0.433 e. The maximum Gasteiger partial charge on any atom is 0.433 e. The van der Waals surface area contributed by atoms with Gasteiger partial charge in [0.2, 0.25) is 5.91 Å². The molecule has 2 aromatic rings. The second kappa shape index (κ2) is 6.65. The summed E-state index contributed by atoms with van der Waals surface area (Å²) in [6.07, 6.45) is 0.918. The van der Waals surface area contributed by atoms with Gasteiger partial charge in [-0.05, 0) is 30.0 Å². The molecule has 0 radical (unpaired) electrons. The number of nitrogens with zero attached hydrogens (tertiary/aromatic N) is 3. The van der Waals surface area contributed by atoms with Gasteiger partial charge in [-0.2, -0.15) is 0 Å². The number of furan rings is 1. The molecule has 1 aromatic carbocycles. The molecule has 2 unspecified atom stereocenters. The van der Waals surface area contributed by atoms with E-state index < -0.39 is 22.8 Å². The Hall–Kier alpha value is -3.29. The van der Waals surface area contributed by atoms with Crippen LogP contribution in [-0.4, -0.2) is 22.3 Å². The Morgan fingerprint density at radius 3 is 2.62 bits per heavy atom. The molecule has 1 aliphatic carbocycles. The lowest BCUT2D eigenvalue weighted by Gasteiger charge is -2.39. The quantitative estimate of drug-likeness (QED) is 0.554. The second-order valence-corrected chi connectivity index (χ2v) is 8.32. The number of para-hydroxylation sites is 2. The van der Waals surface area contributed by atoms with Crippen LogP contribution in [0.25, 0.3) is 0 Å². The fourth-order valence-corrected chi connectivity index (χ4v) is 4.37. The highest BCUT2D eigenvalue weighted by atomic mass is 16.6. The SMILES string of the molecule is CC(=O)N1c2ccccc2N=C2CC(C)(C)CC(=O)C2C1c1ccc([N+](=O)[O-])o1. The Kier molecular flexibility index (Phi) is 4.37. The first kappa shape index (κ1) is 19.0. The molecule has 0 saturated heterocycles. The molecule has 1 amide bonds. The van der Waals surface area contributed by atoms with Crippen molar-refractivity contribution in [3.63, 3.8) is 0 Å². The number of hydrogen-bond acceptors (Lipinski definition) is 6. The van der Waals surface area contributed by atoms with Crippen molar-refractivity contribution < 1.29 is 18.9 Å². The highest BCUT2D eigenvalue weighted by Gasteiger charge is 2.48. The average molecular weight is 395 g/mol. The molecule has 8 nitrogen and oxygen atoms in total. The average Bonchev–Trinajstić information content (AvgIpc) is 3.05. The first-order valence-corrected chi connectivity index (χ1v) is 9.41. The second-order valence-electron chi connectivity index (χ2n) is 8.32. The van der Waals surface area contributed by atoms with Crippen molar-refractivity contribution in [2.24, 2.45) is 16.3 Å².